The molecular weight excluding hydrogens is 467 g/mol. The van der Waals surface area contributed by atoms with Gasteiger partial charge in [-0.1, -0.05) is 16.8 Å². The fourth-order valence-corrected chi connectivity index (χ4v) is 3.10. The maximum absolute atomic E-state index is 10.6. The third kappa shape index (κ3) is 6.49. The Morgan fingerprint density at radius 1 is 1.21 bits per heavy atom. The van der Waals surface area contributed by atoms with Crippen LogP contribution in [0.5, 0.6) is 0 Å². The number of hydrogen-bond donors (Lipinski definition) is 3. The Bertz CT molecular complexity index is 1090. The quantitative estimate of drug-likeness (QED) is 0.478. The van der Waals surface area contributed by atoms with Crippen LogP contribution in [0.25, 0.3) is 11.4 Å². The number of carboxylic acids is 1. The number of benzene rings is 1. The summed E-state index contributed by atoms with van der Waals surface area (Å²) in [6, 6.07) is 7.51. The van der Waals surface area contributed by atoms with E-state index in [2.05, 4.69) is 25.8 Å². The van der Waals surface area contributed by atoms with E-state index in [0.29, 0.717) is 37.5 Å². The number of halogens is 4. The van der Waals surface area contributed by atoms with E-state index in [9.17, 15) is 18.3 Å². The molecule has 0 atom stereocenters. The zero-order valence-corrected chi connectivity index (χ0v) is 18.2. The Kier molecular flexibility index (Phi) is 7.34. The first-order valence-electron chi connectivity index (χ1n) is 9.73. The normalized spacial score (nSPS) is 14.8. The Balaban J connectivity index is 0.000000383. The molecule has 0 radical (unpaired) electrons. The fraction of sp³-hybridized carbons (Fsp3) is 0.421. The zero-order valence-electron chi connectivity index (χ0n) is 17.4. The standard InChI is InChI=1S/C17H20ClN7O.C2HF3O2/c1-24-15(21-22-16(24)12-2-4-13(18)5-3-12)9-25-8-14(20-23-25)6-7-17(26)10-19-11-17;3-2(4,5)1(6)7/h2-5,8,19,26H,6-7,9-11H2,1H3;(H,6,7). The second kappa shape index (κ2) is 9.85. The molecule has 0 unspecified atom stereocenters. The topological polar surface area (TPSA) is 131 Å². The van der Waals surface area contributed by atoms with Crippen LogP contribution in [0.2, 0.25) is 5.02 Å². The van der Waals surface area contributed by atoms with Gasteiger partial charge in [0.15, 0.2) is 11.6 Å². The van der Waals surface area contributed by atoms with Crippen molar-refractivity contribution >= 4 is 17.6 Å². The Labute approximate surface area is 191 Å². The molecule has 10 nitrogen and oxygen atoms in total. The van der Waals surface area contributed by atoms with Crippen LogP contribution in [0.1, 0.15) is 17.9 Å². The van der Waals surface area contributed by atoms with E-state index in [-0.39, 0.29) is 0 Å². The molecule has 1 aromatic carbocycles. The lowest BCUT2D eigenvalue weighted by Crippen LogP contribution is -2.59. The van der Waals surface area contributed by atoms with Gasteiger partial charge in [-0.2, -0.15) is 13.2 Å². The van der Waals surface area contributed by atoms with E-state index in [0.717, 1.165) is 22.9 Å². The Morgan fingerprint density at radius 2 is 1.85 bits per heavy atom. The molecule has 0 bridgehead atoms. The molecule has 0 amide bonds. The van der Waals surface area contributed by atoms with Gasteiger partial charge in [0.25, 0.3) is 0 Å². The number of aryl methyl sites for hydroxylation is 1. The third-order valence-electron chi connectivity index (χ3n) is 4.95. The highest BCUT2D eigenvalue weighted by Gasteiger charge is 2.38. The monoisotopic (exact) mass is 487 g/mol. The van der Waals surface area contributed by atoms with Gasteiger partial charge in [-0.3, -0.25) is 0 Å². The third-order valence-corrected chi connectivity index (χ3v) is 5.21. The second-order valence-corrected chi connectivity index (χ2v) is 7.98. The van der Waals surface area contributed by atoms with Crippen LogP contribution in [0.3, 0.4) is 0 Å². The van der Waals surface area contributed by atoms with Crippen molar-refractivity contribution in [3.8, 4) is 11.4 Å². The van der Waals surface area contributed by atoms with Crippen molar-refractivity contribution in [2.75, 3.05) is 13.1 Å². The van der Waals surface area contributed by atoms with Crippen LogP contribution < -0.4 is 5.32 Å². The van der Waals surface area contributed by atoms with Crippen molar-refractivity contribution < 1.29 is 28.2 Å². The molecule has 3 N–H and O–H groups in total. The summed E-state index contributed by atoms with van der Waals surface area (Å²) in [5, 5.41) is 37.9. The molecule has 1 fully saturated rings. The summed E-state index contributed by atoms with van der Waals surface area (Å²) >= 11 is 5.94. The smallest absolute Gasteiger partial charge is 0.475 e. The maximum Gasteiger partial charge on any atom is 0.490 e. The summed E-state index contributed by atoms with van der Waals surface area (Å²) in [7, 11) is 1.93. The van der Waals surface area contributed by atoms with Gasteiger partial charge < -0.3 is 20.1 Å². The van der Waals surface area contributed by atoms with Crippen LogP contribution in [0.4, 0.5) is 13.2 Å². The van der Waals surface area contributed by atoms with Crippen LogP contribution in [0, 0.1) is 0 Å². The Morgan fingerprint density at radius 3 is 2.39 bits per heavy atom. The molecule has 1 aliphatic heterocycles. The lowest BCUT2D eigenvalue weighted by Gasteiger charge is -2.37. The van der Waals surface area contributed by atoms with E-state index < -0.39 is 17.7 Å². The number of nitrogens with zero attached hydrogens (tertiary/aromatic N) is 6. The van der Waals surface area contributed by atoms with Crippen LogP contribution >= 0.6 is 11.6 Å². The van der Waals surface area contributed by atoms with Gasteiger partial charge in [-0.15, -0.1) is 15.3 Å². The minimum absolute atomic E-state index is 0.482. The number of aromatic nitrogens is 6. The van der Waals surface area contributed by atoms with Gasteiger partial charge in [-0.25, -0.2) is 9.48 Å². The van der Waals surface area contributed by atoms with Crippen molar-refractivity contribution in [2.24, 2.45) is 7.05 Å². The molecule has 3 aromatic rings. The number of nitrogens with one attached hydrogen (secondary N) is 1. The first-order chi connectivity index (χ1) is 15.5. The lowest BCUT2D eigenvalue weighted by molar-refractivity contribution is -0.192. The minimum atomic E-state index is -5.08. The molecule has 2 aromatic heterocycles. The molecular formula is C19H21ClF3N7O3. The highest BCUT2D eigenvalue weighted by Crippen LogP contribution is 2.21. The molecule has 1 saturated heterocycles. The summed E-state index contributed by atoms with van der Waals surface area (Å²) in [5.41, 5.74) is 1.23. The summed E-state index contributed by atoms with van der Waals surface area (Å²) in [5.74, 6) is -1.20. The number of rotatable bonds is 6. The van der Waals surface area contributed by atoms with E-state index in [1.165, 1.54) is 0 Å². The van der Waals surface area contributed by atoms with Crippen molar-refractivity contribution in [2.45, 2.75) is 31.2 Å². The van der Waals surface area contributed by atoms with Crippen molar-refractivity contribution in [3.63, 3.8) is 0 Å². The highest BCUT2D eigenvalue weighted by molar-refractivity contribution is 6.30. The second-order valence-electron chi connectivity index (χ2n) is 7.54. The van der Waals surface area contributed by atoms with Gasteiger partial charge in [-0.05, 0) is 37.1 Å². The number of carbonyl (C=O) groups is 1. The van der Waals surface area contributed by atoms with Gasteiger partial charge in [0.2, 0.25) is 0 Å². The number of aliphatic carboxylic acids is 1. The first-order valence-corrected chi connectivity index (χ1v) is 10.1. The van der Waals surface area contributed by atoms with E-state index >= 15 is 0 Å². The predicted molar refractivity (Wildman–Crippen MR) is 110 cm³/mol. The van der Waals surface area contributed by atoms with Gasteiger partial charge in [0.05, 0.1) is 11.3 Å². The predicted octanol–water partition coefficient (Wildman–Crippen LogP) is 1.68. The molecule has 14 heteroatoms. The molecule has 4 rings (SSSR count). The Hall–Kier alpha value is -3.03. The fourth-order valence-electron chi connectivity index (χ4n) is 2.98. The zero-order chi connectivity index (χ0) is 24.2. The number of β-amino-alcohol motifs (C(OH)–C–C–N with tert-alkyl or cyclic N) is 1. The average Bonchev–Trinajstić information content (AvgIpc) is 3.33. The molecule has 0 spiro atoms. The summed E-state index contributed by atoms with van der Waals surface area (Å²) in [6.45, 7) is 1.77. The van der Waals surface area contributed by atoms with E-state index in [1.807, 2.05) is 42.1 Å². The van der Waals surface area contributed by atoms with E-state index in [4.69, 9.17) is 21.5 Å². The van der Waals surface area contributed by atoms with Crippen molar-refractivity contribution in [1.82, 2.24) is 35.1 Å². The molecule has 0 saturated carbocycles. The van der Waals surface area contributed by atoms with Gasteiger partial charge >= 0.3 is 12.1 Å². The molecule has 33 heavy (non-hydrogen) atoms. The molecule has 3 heterocycles. The summed E-state index contributed by atoms with van der Waals surface area (Å²) in [4.78, 5) is 8.90. The summed E-state index contributed by atoms with van der Waals surface area (Å²) in [6.07, 6.45) is -1.80. The SMILES string of the molecule is Cn1c(Cn2cc(CCC3(O)CNC3)nn2)nnc1-c1ccc(Cl)cc1.O=C(O)C(F)(F)F. The maximum atomic E-state index is 10.6. The van der Waals surface area contributed by atoms with E-state index in [1.54, 1.807) is 4.68 Å². The first kappa shape index (κ1) is 24.6. The summed E-state index contributed by atoms with van der Waals surface area (Å²) < 4.78 is 35.4. The number of aliphatic hydroxyl groups is 1. The number of hydrogen-bond acceptors (Lipinski definition) is 7. The van der Waals surface area contributed by atoms with Crippen molar-refractivity contribution in [3.05, 3.63) is 47.0 Å². The van der Waals surface area contributed by atoms with Crippen LogP contribution in [-0.4, -0.2) is 70.8 Å². The van der Waals surface area contributed by atoms with Gasteiger partial charge in [0, 0.05) is 36.9 Å². The van der Waals surface area contributed by atoms with Crippen LogP contribution in [-0.2, 0) is 24.8 Å². The molecule has 0 aliphatic carbocycles. The minimum Gasteiger partial charge on any atom is -0.475 e. The molecule has 178 valence electrons. The van der Waals surface area contributed by atoms with Crippen molar-refractivity contribution in [1.29, 1.82) is 0 Å². The van der Waals surface area contributed by atoms with Crippen LogP contribution in [0.15, 0.2) is 30.5 Å². The largest absolute Gasteiger partial charge is 0.490 e. The highest BCUT2D eigenvalue weighted by atomic mass is 35.5. The number of alkyl halides is 3. The molecule has 1 aliphatic rings. The average molecular weight is 488 g/mol. The number of carboxylic acid groups (broad SMARTS) is 1. The van der Waals surface area contributed by atoms with Gasteiger partial charge in [0.1, 0.15) is 6.54 Å². The lowest BCUT2D eigenvalue weighted by atomic mass is 9.91.